The number of nitrogens with two attached hydrogens (primary N) is 1. The Morgan fingerprint density at radius 2 is 2.18 bits per heavy atom. The summed E-state index contributed by atoms with van der Waals surface area (Å²) in [5, 5.41) is 8.65. The lowest BCUT2D eigenvalue weighted by molar-refractivity contribution is 0.275. The highest BCUT2D eigenvalue weighted by atomic mass is 19.1. The first-order valence-electron chi connectivity index (χ1n) is 3.30. The smallest absolute Gasteiger partial charge is 0.130 e. The van der Waals surface area contributed by atoms with Gasteiger partial charge in [-0.15, -0.1) is 0 Å². The third kappa shape index (κ3) is 1.49. The zero-order valence-electron chi connectivity index (χ0n) is 6.26. The van der Waals surface area contributed by atoms with Crippen LogP contribution in [0.25, 0.3) is 0 Å². The molecule has 0 spiro atoms. The van der Waals surface area contributed by atoms with Crippen molar-refractivity contribution in [1.29, 1.82) is 0 Å². The van der Waals surface area contributed by atoms with Crippen molar-refractivity contribution in [3.8, 4) is 0 Å². The topological polar surface area (TPSA) is 46.2 Å². The van der Waals surface area contributed by atoms with Crippen LogP contribution in [0.2, 0.25) is 0 Å². The Morgan fingerprint density at radius 3 is 2.73 bits per heavy atom. The Hall–Kier alpha value is -1.09. The van der Waals surface area contributed by atoms with Crippen LogP contribution in [0, 0.1) is 12.7 Å². The Labute approximate surface area is 64.5 Å². The van der Waals surface area contributed by atoms with Crippen molar-refractivity contribution >= 4 is 5.69 Å². The van der Waals surface area contributed by atoms with E-state index in [0.29, 0.717) is 5.69 Å². The summed E-state index contributed by atoms with van der Waals surface area (Å²) in [6, 6.07) is 2.77. The maximum atomic E-state index is 12.8. The summed E-state index contributed by atoms with van der Waals surface area (Å²) < 4.78 is 12.8. The minimum atomic E-state index is -0.449. The number of halogens is 1. The van der Waals surface area contributed by atoms with Crippen LogP contribution in [0.3, 0.4) is 0 Å². The Morgan fingerprint density at radius 1 is 1.55 bits per heavy atom. The molecular weight excluding hydrogens is 145 g/mol. The van der Waals surface area contributed by atoms with Gasteiger partial charge in [0, 0.05) is 11.3 Å². The largest absolute Gasteiger partial charge is 0.398 e. The van der Waals surface area contributed by atoms with Gasteiger partial charge in [-0.3, -0.25) is 0 Å². The number of aryl methyl sites for hydroxylation is 1. The van der Waals surface area contributed by atoms with Crippen molar-refractivity contribution in [2.75, 3.05) is 5.73 Å². The van der Waals surface area contributed by atoms with Crippen LogP contribution in [0.4, 0.5) is 10.1 Å². The van der Waals surface area contributed by atoms with Crippen LogP contribution in [0.15, 0.2) is 12.1 Å². The molecule has 60 valence electrons. The van der Waals surface area contributed by atoms with Gasteiger partial charge >= 0.3 is 0 Å². The van der Waals surface area contributed by atoms with Gasteiger partial charge in [0.2, 0.25) is 0 Å². The number of anilines is 1. The highest BCUT2D eigenvalue weighted by molar-refractivity contribution is 5.48. The summed E-state index contributed by atoms with van der Waals surface area (Å²) in [4.78, 5) is 0. The van der Waals surface area contributed by atoms with Crippen LogP contribution in [0.5, 0.6) is 0 Å². The van der Waals surface area contributed by atoms with Crippen molar-refractivity contribution in [1.82, 2.24) is 0 Å². The van der Waals surface area contributed by atoms with Gasteiger partial charge in [-0.2, -0.15) is 0 Å². The predicted molar refractivity (Wildman–Crippen MR) is 41.5 cm³/mol. The molecule has 1 aromatic carbocycles. The lowest BCUT2D eigenvalue weighted by Gasteiger charge is -2.03. The number of benzene rings is 1. The average Bonchev–Trinajstić information content (AvgIpc) is 1.97. The summed E-state index contributed by atoms with van der Waals surface area (Å²) in [7, 11) is 0. The van der Waals surface area contributed by atoms with Crippen LogP contribution in [-0.2, 0) is 6.61 Å². The summed E-state index contributed by atoms with van der Waals surface area (Å²) in [6.45, 7) is 1.49. The van der Waals surface area contributed by atoms with Gasteiger partial charge < -0.3 is 10.8 Å². The summed E-state index contributed by atoms with van der Waals surface area (Å²) in [6.07, 6.45) is 0. The first kappa shape index (κ1) is 8.01. The van der Waals surface area contributed by atoms with Gasteiger partial charge in [-0.1, -0.05) is 0 Å². The fraction of sp³-hybridized carbons (Fsp3) is 0.250. The minimum absolute atomic E-state index is 0.285. The molecule has 0 atom stereocenters. The average molecular weight is 155 g/mol. The zero-order chi connectivity index (χ0) is 8.43. The van der Waals surface area contributed by atoms with E-state index < -0.39 is 5.82 Å². The zero-order valence-corrected chi connectivity index (χ0v) is 6.26. The van der Waals surface area contributed by atoms with Gasteiger partial charge in [0.05, 0.1) is 6.61 Å². The van der Waals surface area contributed by atoms with Crippen molar-refractivity contribution in [3.63, 3.8) is 0 Å². The molecule has 3 heteroatoms. The molecule has 0 radical (unpaired) electrons. The van der Waals surface area contributed by atoms with Gasteiger partial charge in [0.1, 0.15) is 5.82 Å². The van der Waals surface area contributed by atoms with E-state index in [1.807, 2.05) is 0 Å². The molecule has 1 rings (SSSR count). The third-order valence-electron chi connectivity index (χ3n) is 1.61. The number of aliphatic hydroxyl groups excluding tert-OH is 1. The predicted octanol–water partition coefficient (Wildman–Crippen LogP) is 1.21. The molecule has 0 aromatic heterocycles. The molecule has 1 aromatic rings. The lowest BCUT2D eigenvalue weighted by Crippen LogP contribution is -1.96. The van der Waals surface area contributed by atoms with Crippen molar-refractivity contribution in [3.05, 3.63) is 29.1 Å². The van der Waals surface area contributed by atoms with Crippen LogP contribution >= 0.6 is 0 Å². The maximum Gasteiger partial charge on any atom is 0.130 e. The Bertz CT molecular complexity index is 273. The number of hydrogen-bond acceptors (Lipinski definition) is 2. The van der Waals surface area contributed by atoms with Gasteiger partial charge in [0.15, 0.2) is 0 Å². The molecule has 0 amide bonds. The number of nitrogen functional groups attached to an aromatic ring is 1. The number of hydrogen-bond donors (Lipinski definition) is 2. The van der Waals surface area contributed by atoms with Crippen molar-refractivity contribution in [2.45, 2.75) is 13.5 Å². The second-order valence-electron chi connectivity index (χ2n) is 2.46. The lowest BCUT2D eigenvalue weighted by atomic mass is 10.1. The molecule has 0 aliphatic rings. The van der Waals surface area contributed by atoms with Crippen molar-refractivity contribution < 1.29 is 9.50 Å². The highest BCUT2D eigenvalue weighted by Gasteiger charge is 2.03. The normalized spacial score (nSPS) is 10.1. The van der Waals surface area contributed by atoms with Gasteiger partial charge in [-0.25, -0.2) is 4.39 Å². The molecule has 0 saturated heterocycles. The van der Waals surface area contributed by atoms with E-state index in [0.717, 1.165) is 5.56 Å². The van der Waals surface area contributed by atoms with Crippen LogP contribution < -0.4 is 5.73 Å². The molecule has 0 aliphatic heterocycles. The summed E-state index contributed by atoms with van der Waals surface area (Å²) in [5.41, 5.74) is 6.92. The monoisotopic (exact) mass is 155 g/mol. The molecule has 3 N–H and O–H groups in total. The van der Waals surface area contributed by atoms with E-state index in [1.54, 1.807) is 13.0 Å². The molecule has 11 heavy (non-hydrogen) atoms. The van der Waals surface area contributed by atoms with Gasteiger partial charge in [0.25, 0.3) is 0 Å². The van der Waals surface area contributed by atoms with E-state index in [1.165, 1.54) is 6.07 Å². The first-order chi connectivity index (χ1) is 5.15. The fourth-order valence-corrected chi connectivity index (χ4v) is 0.878. The second-order valence-corrected chi connectivity index (χ2v) is 2.46. The number of aliphatic hydroxyl groups is 1. The quantitative estimate of drug-likeness (QED) is 0.599. The van der Waals surface area contributed by atoms with E-state index >= 15 is 0 Å². The summed E-state index contributed by atoms with van der Waals surface area (Å²) >= 11 is 0. The minimum Gasteiger partial charge on any atom is -0.398 e. The fourth-order valence-electron chi connectivity index (χ4n) is 0.878. The molecular formula is C8H10FNO. The highest BCUT2D eigenvalue weighted by Crippen LogP contribution is 2.16. The third-order valence-corrected chi connectivity index (χ3v) is 1.61. The van der Waals surface area contributed by atoms with Gasteiger partial charge in [-0.05, 0) is 24.6 Å². The Balaban J connectivity index is 3.21. The SMILES string of the molecule is Cc1cc(CO)c(F)cc1N. The molecule has 0 saturated carbocycles. The Kier molecular flexibility index (Phi) is 2.10. The molecule has 0 unspecified atom stereocenters. The van der Waals surface area contributed by atoms with E-state index in [9.17, 15) is 4.39 Å². The molecule has 0 bridgehead atoms. The van der Waals surface area contributed by atoms with E-state index in [4.69, 9.17) is 10.8 Å². The van der Waals surface area contributed by atoms with Crippen LogP contribution in [-0.4, -0.2) is 5.11 Å². The first-order valence-corrected chi connectivity index (χ1v) is 3.30. The van der Waals surface area contributed by atoms with Crippen LogP contribution in [0.1, 0.15) is 11.1 Å². The molecule has 0 aliphatic carbocycles. The standard InChI is InChI=1S/C8H10FNO/c1-5-2-6(4-11)7(9)3-8(5)10/h2-3,11H,4,10H2,1H3. The second kappa shape index (κ2) is 2.88. The molecule has 2 nitrogen and oxygen atoms in total. The van der Waals surface area contributed by atoms with Crippen molar-refractivity contribution in [2.24, 2.45) is 0 Å². The molecule has 0 heterocycles. The molecule has 0 fully saturated rings. The van der Waals surface area contributed by atoms with E-state index in [-0.39, 0.29) is 12.2 Å². The van der Waals surface area contributed by atoms with E-state index in [2.05, 4.69) is 0 Å². The number of rotatable bonds is 1. The summed E-state index contributed by atoms with van der Waals surface area (Å²) in [5.74, 6) is -0.449. The maximum absolute atomic E-state index is 12.8.